The molecule has 1 heterocycles. The van der Waals surface area contributed by atoms with E-state index in [1.54, 1.807) is 12.1 Å². The zero-order valence-corrected chi connectivity index (χ0v) is 11.9. The van der Waals surface area contributed by atoms with Crippen LogP contribution in [0.4, 0.5) is 5.69 Å². The van der Waals surface area contributed by atoms with Gasteiger partial charge in [0.15, 0.2) is 5.58 Å². The van der Waals surface area contributed by atoms with Crippen LogP contribution in [0, 0.1) is 0 Å². The molecule has 20 heavy (non-hydrogen) atoms. The van der Waals surface area contributed by atoms with E-state index in [-0.39, 0.29) is 5.91 Å². The molecule has 6 heteroatoms. The van der Waals surface area contributed by atoms with Crippen LogP contribution in [0.3, 0.4) is 0 Å². The molecule has 0 atom stereocenters. The molecule has 0 saturated heterocycles. The lowest BCUT2D eigenvalue weighted by molar-refractivity contribution is -0.119. The Balaban J connectivity index is 1.57. The van der Waals surface area contributed by atoms with E-state index in [9.17, 15) is 4.79 Å². The average Bonchev–Trinajstić information content (AvgIpc) is 3.04. The van der Waals surface area contributed by atoms with Crippen molar-refractivity contribution < 1.29 is 9.21 Å². The summed E-state index contributed by atoms with van der Waals surface area (Å²) >= 11 is 1.31. The number of fused-ring (bicyclic) bond motifs is 1. The number of carbonyl (C=O) groups excluding carboxylic acids is 1. The first-order valence-corrected chi connectivity index (χ1v) is 7.77. The maximum Gasteiger partial charge on any atom is 0.257 e. The Morgan fingerprint density at radius 3 is 3.05 bits per heavy atom. The second-order valence-corrected chi connectivity index (χ2v) is 5.97. The number of hydrogen-bond donors (Lipinski definition) is 2. The van der Waals surface area contributed by atoms with E-state index >= 15 is 0 Å². The highest BCUT2D eigenvalue weighted by Crippen LogP contribution is 2.25. The van der Waals surface area contributed by atoms with Crippen molar-refractivity contribution in [1.29, 1.82) is 0 Å². The van der Waals surface area contributed by atoms with Gasteiger partial charge in [-0.3, -0.25) is 4.79 Å². The number of nitrogen functional groups attached to an aromatic ring is 1. The van der Waals surface area contributed by atoms with Crippen molar-refractivity contribution >= 4 is 34.5 Å². The lowest BCUT2D eigenvalue weighted by Gasteiger charge is -2.10. The van der Waals surface area contributed by atoms with E-state index in [4.69, 9.17) is 10.2 Å². The topological polar surface area (TPSA) is 81.1 Å². The van der Waals surface area contributed by atoms with Gasteiger partial charge in [0.1, 0.15) is 5.52 Å². The van der Waals surface area contributed by atoms with Crippen molar-refractivity contribution in [2.75, 3.05) is 11.5 Å². The third kappa shape index (κ3) is 3.07. The first kappa shape index (κ1) is 13.3. The fourth-order valence-corrected chi connectivity index (χ4v) is 3.10. The SMILES string of the molecule is Nc1ccc2nc(SCC(=O)NC3CCCC3)oc2c1. The van der Waals surface area contributed by atoms with Crippen LogP contribution in [0.1, 0.15) is 25.7 Å². The summed E-state index contributed by atoms with van der Waals surface area (Å²) < 4.78 is 5.56. The van der Waals surface area contributed by atoms with Crippen molar-refractivity contribution in [3.05, 3.63) is 18.2 Å². The number of hydrogen-bond acceptors (Lipinski definition) is 5. The molecule has 0 bridgehead atoms. The summed E-state index contributed by atoms with van der Waals surface area (Å²) in [5.74, 6) is 0.377. The molecule has 1 amide bonds. The van der Waals surface area contributed by atoms with Crippen molar-refractivity contribution in [1.82, 2.24) is 10.3 Å². The van der Waals surface area contributed by atoms with Gasteiger partial charge in [-0.1, -0.05) is 24.6 Å². The lowest BCUT2D eigenvalue weighted by Crippen LogP contribution is -2.33. The highest BCUT2D eigenvalue weighted by molar-refractivity contribution is 7.99. The number of amides is 1. The third-order valence-electron chi connectivity index (χ3n) is 3.44. The van der Waals surface area contributed by atoms with Gasteiger partial charge in [0.25, 0.3) is 5.22 Å². The highest BCUT2D eigenvalue weighted by atomic mass is 32.2. The summed E-state index contributed by atoms with van der Waals surface area (Å²) in [4.78, 5) is 16.1. The van der Waals surface area contributed by atoms with Crippen molar-refractivity contribution in [3.63, 3.8) is 0 Å². The predicted molar refractivity (Wildman–Crippen MR) is 79.5 cm³/mol. The van der Waals surface area contributed by atoms with Crippen LogP contribution in [0.5, 0.6) is 0 Å². The Morgan fingerprint density at radius 1 is 1.45 bits per heavy atom. The van der Waals surface area contributed by atoms with E-state index in [1.165, 1.54) is 24.6 Å². The molecule has 1 aliphatic rings. The van der Waals surface area contributed by atoms with Crippen LogP contribution < -0.4 is 11.1 Å². The van der Waals surface area contributed by atoms with Gasteiger partial charge in [-0.05, 0) is 25.0 Å². The molecule has 3 N–H and O–H groups in total. The number of anilines is 1. The summed E-state index contributed by atoms with van der Waals surface area (Å²) in [7, 11) is 0. The van der Waals surface area contributed by atoms with Gasteiger partial charge in [-0.25, -0.2) is 4.98 Å². The van der Waals surface area contributed by atoms with Crippen LogP contribution in [-0.2, 0) is 4.79 Å². The van der Waals surface area contributed by atoms with Crippen LogP contribution in [-0.4, -0.2) is 22.7 Å². The number of thioether (sulfide) groups is 1. The number of nitrogens with zero attached hydrogens (tertiary/aromatic N) is 1. The third-order valence-corrected chi connectivity index (χ3v) is 4.27. The lowest BCUT2D eigenvalue weighted by atomic mass is 10.2. The second kappa shape index (κ2) is 5.75. The molecular formula is C14H17N3O2S. The zero-order valence-electron chi connectivity index (χ0n) is 11.1. The predicted octanol–water partition coefficient (Wildman–Crippen LogP) is 2.56. The molecular weight excluding hydrogens is 274 g/mol. The maximum absolute atomic E-state index is 11.8. The fourth-order valence-electron chi connectivity index (χ4n) is 2.45. The van der Waals surface area contributed by atoms with Gasteiger partial charge < -0.3 is 15.5 Å². The maximum atomic E-state index is 11.8. The fraction of sp³-hybridized carbons (Fsp3) is 0.429. The highest BCUT2D eigenvalue weighted by Gasteiger charge is 2.17. The minimum atomic E-state index is 0.0451. The van der Waals surface area contributed by atoms with Gasteiger partial charge in [-0.2, -0.15) is 0 Å². The molecule has 0 radical (unpaired) electrons. The number of rotatable bonds is 4. The normalized spacial score (nSPS) is 15.8. The number of benzene rings is 1. The van der Waals surface area contributed by atoms with E-state index in [0.29, 0.717) is 28.3 Å². The minimum absolute atomic E-state index is 0.0451. The number of nitrogens with two attached hydrogens (primary N) is 1. The van der Waals surface area contributed by atoms with E-state index in [2.05, 4.69) is 10.3 Å². The summed E-state index contributed by atoms with van der Waals surface area (Å²) in [6.07, 6.45) is 4.62. The Morgan fingerprint density at radius 2 is 2.25 bits per heavy atom. The molecule has 1 fully saturated rings. The number of aromatic nitrogens is 1. The summed E-state index contributed by atoms with van der Waals surface area (Å²) in [5.41, 5.74) is 7.75. The van der Waals surface area contributed by atoms with Crippen molar-refractivity contribution in [2.45, 2.75) is 36.9 Å². The molecule has 0 unspecified atom stereocenters. The summed E-state index contributed by atoms with van der Waals surface area (Å²) in [6, 6.07) is 5.69. The number of oxazole rings is 1. The van der Waals surface area contributed by atoms with Crippen molar-refractivity contribution in [2.24, 2.45) is 0 Å². The van der Waals surface area contributed by atoms with E-state index in [1.807, 2.05) is 6.07 Å². The number of carbonyl (C=O) groups is 1. The quantitative estimate of drug-likeness (QED) is 0.668. The van der Waals surface area contributed by atoms with Crippen molar-refractivity contribution in [3.8, 4) is 0 Å². The Bertz CT molecular complexity index is 620. The molecule has 1 aromatic heterocycles. The van der Waals surface area contributed by atoms with Crippen LogP contribution in [0.15, 0.2) is 27.8 Å². The Labute approximate surface area is 121 Å². The van der Waals surface area contributed by atoms with Gasteiger partial charge in [0.05, 0.1) is 5.75 Å². The van der Waals surface area contributed by atoms with E-state index in [0.717, 1.165) is 18.4 Å². The van der Waals surface area contributed by atoms with Gasteiger partial charge >= 0.3 is 0 Å². The van der Waals surface area contributed by atoms with Crippen LogP contribution in [0.25, 0.3) is 11.1 Å². The smallest absolute Gasteiger partial charge is 0.257 e. The molecule has 1 aliphatic carbocycles. The monoisotopic (exact) mass is 291 g/mol. The average molecular weight is 291 g/mol. The standard InChI is InChI=1S/C14H17N3O2S/c15-9-5-6-11-12(7-9)19-14(17-11)20-8-13(18)16-10-3-1-2-4-10/h5-7,10H,1-4,8,15H2,(H,16,18). The van der Waals surface area contributed by atoms with Gasteiger partial charge in [0, 0.05) is 17.8 Å². The summed E-state index contributed by atoms with van der Waals surface area (Å²) in [6.45, 7) is 0. The van der Waals surface area contributed by atoms with Gasteiger partial charge in [0.2, 0.25) is 5.91 Å². The molecule has 0 aliphatic heterocycles. The molecule has 0 spiro atoms. The molecule has 1 saturated carbocycles. The molecule has 1 aromatic carbocycles. The first-order valence-electron chi connectivity index (χ1n) is 6.79. The Kier molecular flexibility index (Phi) is 3.82. The minimum Gasteiger partial charge on any atom is -0.431 e. The zero-order chi connectivity index (χ0) is 13.9. The summed E-state index contributed by atoms with van der Waals surface area (Å²) in [5, 5.41) is 3.55. The molecule has 106 valence electrons. The Hall–Kier alpha value is -1.69. The molecule has 5 nitrogen and oxygen atoms in total. The van der Waals surface area contributed by atoms with Gasteiger partial charge in [-0.15, -0.1) is 0 Å². The number of nitrogens with one attached hydrogen (secondary N) is 1. The van der Waals surface area contributed by atoms with Crippen LogP contribution >= 0.6 is 11.8 Å². The molecule has 2 aromatic rings. The second-order valence-electron chi connectivity index (χ2n) is 5.04. The van der Waals surface area contributed by atoms with Crippen LogP contribution in [0.2, 0.25) is 0 Å². The first-order chi connectivity index (χ1) is 9.70. The largest absolute Gasteiger partial charge is 0.431 e. The van der Waals surface area contributed by atoms with E-state index < -0.39 is 0 Å². The molecule has 3 rings (SSSR count).